The Hall–Kier alpha value is -0.920. The molecule has 0 saturated carbocycles. The van der Waals surface area contributed by atoms with Gasteiger partial charge in [-0.05, 0) is 12.1 Å². The molecule has 14 heavy (non-hydrogen) atoms. The Morgan fingerprint density at radius 3 is 1.79 bits per heavy atom. The molecule has 0 aromatic carbocycles. The van der Waals surface area contributed by atoms with Gasteiger partial charge in [-0.2, -0.15) is 8.42 Å². The molecule has 0 aliphatic carbocycles. The first-order valence-corrected chi connectivity index (χ1v) is 5.59. The number of nitrogens with zero attached hydrogens (tertiary/aromatic N) is 1. The first kappa shape index (κ1) is 13.1. The normalized spacial score (nSPS) is 11.1. The van der Waals surface area contributed by atoms with Crippen LogP contribution in [-0.2, 0) is 18.9 Å². The second-order valence-corrected chi connectivity index (χ2v) is 3.69. The summed E-state index contributed by atoms with van der Waals surface area (Å²) in [5.74, 6) is 0. The lowest BCUT2D eigenvalue weighted by atomic mass is 10.5. The minimum atomic E-state index is -4.76. The molecule has 1 aromatic rings. The molecular weight excluding hydrogens is 233 g/mol. The molecule has 1 aromatic heterocycles. The first-order valence-electron chi connectivity index (χ1n) is 3.10. The van der Waals surface area contributed by atoms with Gasteiger partial charge in [-0.15, -0.1) is 4.89 Å². The van der Waals surface area contributed by atoms with Gasteiger partial charge in [0.15, 0.2) is 0 Å². The molecule has 0 saturated heterocycles. The maximum absolute atomic E-state index is 9.43. The van der Waals surface area contributed by atoms with Gasteiger partial charge >= 0.3 is 18.7 Å². The van der Waals surface area contributed by atoms with Crippen molar-refractivity contribution in [1.82, 2.24) is 4.98 Å². The fourth-order valence-electron chi connectivity index (χ4n) is 0.393. The van der Waals surface area contributed by atoms with Crippen LogP contribution in [0.15, 0.2) is 30.6 Å². The van der Waals surface area contributed by atoms with Gasteiger partial charge in [0.1, 0.15) is 0 Å². The Morgan fingerprint density at radius 1 is 1.21 bits per heavy atom. The zero-order chi connectivity index (χ0) is 11.0. The van der Waals surface area contributed by atoms with Crippen molar-refractivity contribution < 1.29 is 26.4 Å². The summed E-state index contributed by atoms with van der Waals surface area (Å²) in [5.41, 5.74) is 0. The zero-order valence-corrected chi connectivity index (χ0v) is 8.43. The van der Waals surface area contributed by atoms with Gasteiger partial charge in [-0.25, -0.2) is 0 Å². The fourth-order valence-corrected chi connectivity index (χ4v) is 1.04. The number of hydrogen-bond acceptors (Lipinski definition) is 5. The molecular formula is C5H7NO6PS+. The molecule has 1 rings (SSSR count). The van der Waals surface area contributed by atoms with Crippen molar-refractivity contribution in [2.45, 2.75) is 0 Å². The lowest BCUT2D eigenvalue weighted by molar-refractivity contribution is 0.356. The van der Waals surface area contributed by atoms with E-state index in [9.17, 15) is 13.0 Å². The van der Waals surface area contributed by atoms with Crippen molar-refractivity contribution in [2.24, 2.45) is 0 Å². The molecule has 0 aliphatic heterocycles. The van der Waals surface area contributed by atoms with E-state index in [4.69, 9.17) is 9.45 Å². The minimum Gasteiger partial charge on any atom is -0.265 e. The van der Waals surface area contributed by atoms with Crippen molar-refractivity contribution in [3.63, 3.8) is 0 Å². The molecule has 0 bridgehead atoms. The third kappa shape index (κ3) is 11.1. The Morgan fingerprint density at radius 2 is 1.71 bits per heavy atom. The van der Waals surface area contributed by atoms with Crippen LogP contribution in [0.4, 0.5) is 0 Å². The van der Waals surface area contributed by atoms with Crippen LogP contribution in [0.25, 0.3) is 0 Å². The number of rotatable bonds is 2. The lowest BCUT2D eigenvalue weighted by Crippen LogP contribution is -1.95. The van der Waals surface area contributed by atoms with E-state index >= 15 is 0 Å². The zero-order valence-electron chi connectivity index (χ0n) is 6.72. The minimum absolute atomic E-state index is 1.75. The lowest BCUT2D eigenvalue weighted by Gasteiger charge is -1.74. The van der Waals surface area contributed by atoms with E-state index in [1.54, 1.807) is 12.4 Å². The summed E-state index contributed by atoms with van der Waals surface area (Å²) in [6.07, 6.45) is 3.50. The molecule has 1 unspecified atom stereocenters. The standard InChI is InChI=1S/C5H5N.HO6PS/c1-2-4-6-5-3-1;1-7(2)6-8(3,4)5/h1-5H;(H-,1,2,3,4,5)/p+1. The molecule has 0 fully saturated rings. The summed E-state index contributed by atoms with van der Waals surface area (Å²) in [4.78, 5) is 11.4. The quantitative estimate of drug-likeness (QED) is 0.572. The molecule has 0 radical (unpaired) electrons. The average molecular weight is 240 g/mol. The predicted octanol–water partition coefficient (Wildman–Crippen LogP) is 0.537. The first-order chi connectivity index (χ1) is 6.42. The topological polar surface area (TPSA) is 114 Å². The maximum Gasteiger partial charge on any atom is 0.714 e. The van der Waals surface area contributed by atoms with Gasteiger partial charge in [-0.1, -0.05) is 6.07 Å². The van der Waals surface area contributed by atoms with Crippen molar-refractivity contribution in [2.75, 3.05) is 0 Å². The van der Waals surface area contributed by atoms with Crippen LogP contribution < -0.4 is 0 Å². The number of aromatic nitrogens is 1. The molecule has 0 aliphatic rings. The van der Waals surface area contributed by atoms with Crippen LogP contribution in [0.1, 0.15) is 0 Å². The maximum atomic E-state index is 9.43. The van der Waals surface area contributed by atoms with Crippen LogP contribution in [0.3, 0.4) is 0 Å². The largest absolute Gasteiger partial charge is 0.714 e. The third-order valence-corrected chi connectivity index (χ3v) is 1.99. The van der Waals surface area contributed by atoms with Gasteiger partial charge in [0.05, 0.1) is 0 Å². The van der Waals surface area contributed by atoms with E-state index < -0.39 is 18.7 Å². The highest BCUT2D eigenvalue weighted by atomic mass is 32.3. The van der Waals surface area contributed by atoms with Crippen LogP contribution in [0.5, 0.6) is 0 Å². The highest BCUT2D eigenvalue weighted by molar-refractivity contribution is 7.84. The Bertz CT molecular complexity index is 338. The molecule has 7 nitrogen and oxygen atoms in total. The van der Waals surface area contributed by atoms with Crippen LogP contribution in [-0.4, -0.2) is 22.8 Å². The summed E-state index contributed by atoms with van der Waals surface area (Å²) in [5, 5.41) is 0. The second kappa shape index (κ2) is 6.52. The third-order valence-electron chi connectivity index (χ3n) is 0.724. The summed E-state index contributed by atoms with van der Waals surface area (Å²) < 4.78 is 38.9. The van der Waals surface area contributed by atoms with Gasteiger partial charge in [0.25, 0.3) is 0 Å². The Labute approximate surface area is 81.3 Å². The summed E-state index contributed by atoms with van der Waals surface area (Å²) in [7, 11) is -8.03. The molecule has 78 valence electrons. The van der Waals surface area contributed by atoms with E-state index in [1.165, 1.54) is 0 Å². The molecule has 2 N–H and O–H groups in total. The van der Waals surface area contributed by atoms with Crippen LogP contribution in [0, 0.1) is 0 Å². The number of pyridine rings is 1. The van der Waals surface area contributed by atoms with Crippen molar-refractivity contribution in [1.29, 1.82) is 0 Å². The molecule has 1 heterocycles. The van der Waals surface area contributed by atoms with Gasteiger partial charge < -0.3 is 0 Å². The van der Waals surface area contributed by atoms with Gasteiger partial charge in [0, 0.05) is 20.9 Å². The molecule has 1 atom stereocenters. The Kier molecular flexibility index (Phi) is 6.09. The molecule has 0 amide bonds. The monoisotopic (exact) mass is 240 g/mol. The Balaban J connectivity index is 0.000000249. The number of hydrogen-bond donors (Lipinski definition) is 2. The van der Waals surface area contributed by atoms with E-state index in [0.717, 1.165) is 0 Å². The van der Waals surface area contributed by atoms with E-state index in [2.05, 4.69) is 8.95 Å². The van der Waals surface area contributed by atoms with Gasteiger partial charge in [-0.3, -0.25) is 9.54 Å². The van der Waals surface area contributed by atoms with E-state index in [-0.39, 0.29) is 0 Å². The SMILES string of the molecule is O=[P+](O)OS(=O)(=O)O.c1ccncc1. The predicted molar refractivity (Wildman–Crippen MR) is 46.7 cm³/mol. The highest BCUT2D eigenvalue weighted by Gasteiger charge is 2.23. The van der Waals surface area contributed by atoms with E-state index in [0.29, 0.717) is 0 Å². The molecule has 0 spiro atoms. The smallest absolute Gasteiger partial charge is 0.265 e. The second-order valence-electron chi connectivity index (χ2n) is 1.76. The highest BCUT2D eigenvalue weighted by Crippen LogP contribution is 2.16. The fraction of sp³-hybridized carbons (Fsp3) is 0. The molecule has 9 heteroatoms. The van der Waals surface area contributed by atoms with Crippen molar-refractivity contribution in [3.8, 4) is 0 Å². The van der Waals surface area contributed by atoms with Crippen molar-refractivity contribution >= 4 is 18.7 Å². The van der Waals surface area contributed by atoms with Gasteiger partial charge in [0.2, 0.25) is 0 Å². The van der Waals surface area contributed by atoms with Crippen LogP contribution >= 0.6 is 8.25 Å². The van der Waals surface area contributed by atoms with E-state index in [1.807, 2.05) is 18.2 Å². The summed E-state index contributed by atoms with van der Waals surface area (Å²) >= 11 is 0. The average Bonchev–Trinajstić information content (AvgIpc) is 2.03. The van der Waals surface area contributed by atoms with Crippen LogP contribution in [0.2, 0.25) is 0 Å². The van der Waals surface area contributed by atoms with Crippen molar-refractivity contribution in [3.05, 3.63) is 30.6 Å². The summed E-state index contributed by atoms with van der Waals surface area (Å²) in [6.45, 7) is 0. The summed E-state index contributed by atoms with van der Waals surface area (Å²) in [6, 6.07) is 5.72.